The molecule has 1 aromatic rings. The summed E-state index contributed by atoms with van der Waals surface area (Å²) in [5.41, 5.74) is -0.989. The third-order valence-electron chi connectivity index (χ3n) is 2.11. The van der Waals surface area contributed by atoms with Crippen LogP contribution in [0.4, 0.5) is 0 Å². The van der Waals surface area contributed by atoms with E-state index in [1.54, 1.807) is 24.3 Å². The first-order valence-electron chi connectivity index (χ1n) is 4.44. The van der Waals surface area contributed by atoms with Crippen molar-refractivity contribution < 1.29 is 17.9 Å². The molecule has 6 heteroatoms. The number of nitrogens with one attached hydrogen (secondary N) is 1. The van der Waals surface area contributed by atoms with Gasteiger partial charge in [-0.25, -0.2) is 13.1 Å². The minimum Gasteiger partial charge on any atom is -0.485 e. The van der Waals surface area contributed by atoms with Crippen molar-refractivity contribution in [3.05, 3.63) is 24.3 Å². The summed E-state index contributed by atoms with van der Waals surface area (Å²) in [7, 11) is -2.11. The Hall–Kier alpha value is -1.27. The Labute approximate surface area is 88.1 Å². The van der Waals surface area contributed by atoms with Gasteiger partial charge >= 0.3 is 0 Å². The average Bonchev–Trinajstić information content (AvgIpc) is 2.28. The molecule has 0 bridgehead atoms. The molecule has 0 saturated heterocycles. The zero-order chi connectivity index (χ0) is 10.9. The molecule has 5 nitrogen and oxygen atoms in total. The zero-order valence-corrected chi connectivity index (χ0v) is 8.95. The SMILES string of the molecule is CNS(=O)(=O)C1COc2ccccc2O1. The third-order valence-corrected chi connectivity index (χ3v) is 3.61. The predicted octanol–water partition coefficient (Wildman–Crippen LogP) is 0.333. The van der Waals surface area contributed by atoms with E-state index < -0.39 is 15.5 Å². The Kier molecular flexibility index (Phi) is 2.54. The number of rotatable bonds is 2. The molecule has 0 radical (unpaired) electrons. The molecule has 0 spiro atoms. The summed E-state index contributed by atoms with van der Waals surface area (Å²) in [4.78, 5) is 0. The van der Waals surface area contributed by atoms with E-state index in [0.29, 0.717) is 11.5 Å². The number of fused-ring (bicyclic) bond motifs is 1. The van der Waals surface area contributed by atoms with Crippen molar-refractivity contribution in [2.75, 3.05) is 13.7 Å². The lowest BCUT2D eigenvalue weighted by Gasteiger charge is -2.25. The second-order valence-corrected chi connectivity index (χ2v) is 5.08. The highest BCUT2D eigenvalue weighted by Crippen LogP contribution is 2.31. The molecule has 1 N–H and O–H groups in total. The van der Waals surface area contributed by atoms with E-state index in [1.165, 1.54) is 7.05 Å². The molecule has 2 rings (SSSR count). The Morgan fingerprint density at radius 1 is 1.33 bits per heavy atom. The highest BCUT2D eigenvalue weighted by molar-refractivity contribution is 7.90. The molecular formula is C9H11NO4S. The van der Waals surface area contributed by atoms with Gasteiger partial charge in [0, 0.05) is 0 Å². The van der Waals surface area contributed by atoms with Gasteiger partial charge in [-0.3, -0.25) is 0 Å². The number of hydrogen-bond donors (Lipinski definition) is 1. The molecule has 1 aromatic carbocycles. The van der Waals surface area contributed by atoms with E-state index in [0.717, 1.165) is 0 Å². The minimum atomic E-state index is -3.46. The molecule has 1 atom stereocenters. The number of benzene rings is 1. The molecule has 0 aromatic heterocycles. The highest BCUT2D eigenvalue weighted by Gasteiger charge is 2.31. The van der Waals surface area contributed by atoms with E-state index in [2.05, 4.69) is 4.72 Å². The molecule has 0 fully saturated rings. The molecular weight excluding hydrogens is 218 g/mol. The van der Waals surface area contributed by atoms with Gasteiger partial charge in [0.25, 0.3) is 10.0 Å². The fraction of sp³-hybridized carbons (Fsp3) is 0.333. The van der Waals surface area contributed by atoms with Gasteiger partial charge in [-0.2, -0.15) is 0 Å². The second-order valence-electron chi connectivity index (χ2n) is 3.05. The van der Waals surface area contributed by atoms with E-state index in [-0.39, 0.29) is 6.61 Å². The highest BCUT2D eigenvalue weighted by atomic mass is 32.2. The van der Waals surface area contributed by atoms with Gasteiger partial charge in [-0.15, -0.1) is 0 Å². The van der Waals surface area contributed by atoms with Gasteiger partial charge in [0.1, 0.15) is 6.61 Å². The van der Waals surface area contributed by atoms with Crippen LogP contribution < -0.4 is 14.2 Å². The average molecular weight is 229 g/mol. The lowest BCUT2D eigenvalue weighted by Crippen LogP contribution is -2.42. The molecule has 1 heterocycles. The van der Waals surface area contributed by atoms with Gasteiger partial charge in [-0.1, -0.05) is 12.1 Å². The van der Waals surface area contributed by atoms with Crippen molar-refractivity contribution in [1.29, 1.82) is 0 Å². The lowest BCUT2D eigenvalue weighted by molar-refractivity contribution is 0.141. The second kappa shape index (κ2) is 3.71. The standard InChI is InChI=1S/C9H11NO4S/c1-10-15(11,12)9-6-13-7-4-2-3-5-8(7)14-9/h2-5,9-10H,6H2,1H3. The van der Waals surface area contributed by atoms with Crippen molar-refractivity contribution >= 4 is 10.0 Å². The van der Waals surface area contributed by atoms with Crippen LogP contribution >= 0.6 is 0 Å². The fourth-order valence-corrected chi connectivity index (χ4v) is 2.03. The van der Waals surface area contributed by atoms with Gasteiger partial charge in [0.05, 0.1) is 0 Å². The van der Waals surface area contributed by atoms with Gasteiger partial charge in [-0.05, 0) is 19.2 Å². The molecule has 0 saturated carbocycles. The largest absolute Gasteiger partial charge is 0.485 e. The first-order valence-corrected chi connectivity index (χ1v) is 5.99. The molecule has 1 unspecified atom stereocenters. The van der Waals surface area contributed by atoms with Crippen LogP contribution in [0.15, 0.2) is 24.3 Å². The van der Waals surface area contributed by atoms with E-state index in [1.807, 2.05) is 0 Å². The zero-order valence-electron chi connectivity index (χ0n) is 8.14. The first-order chi connectivity index (χ1) is 7.13. The van der Waals surface area contributed by atoms with Crippen LogP contribution in [-0.2, 0) is 10.0 Å². The van der Waals surface area contributed by atoms with Crippen LogP contribution in [0.25, 0.3) is 0 Å². The number of para-hydroxylation sites is 2. The molecule has 1 aliphatic heterocycles. The summed E-state index contributed by atoms with van der Waals surface area (Å²) in [6, 6.07) is 6.97. The quantitative estimate of drug-likeness (QED) is 0.794. The third kappa shape index (κ3) is 1.91. The van der Waals surface area contributed by atoms with Crippen LogP contribution in [0.3, 0.4) is 0 Å². The Morgan fingerprint density at radius 3 is 2.67 bits per heavy atom. The molecule has 15 heavy (non-hydrogen) atoms. The lowest BCUT2D eigenvalue weighted by atomic mass is 10.3. The van der Waals surface area contributed by atoms with Crippen LogP contribution in [-0.4, -0.2) is 27.5 Å². The summed E-state index contributed by atoms with van der Waals surface area (Å²) in [6.45, 7) is 0.000185. The summed E-state index contributed by atoms with van der Waals surface area (Å²) in [5, 5.41) is 0. The molecule has 0 amide bonds. The number of ether oxygens (including phenoxy) is 2. The first kappa shape index (κ1) is 10.3. The predicted molar refractivity (Wildman–Crippen MR) is 54.3 cm³/mol. The number of sulfonamides is 1. The van der Waals surface area contributed by atoms with Crippen LogP contribution in [0.2, 0.25) is 0 Å². The maximum atomic E-state index is 11.4. The van der Waals surface area contributed by atoms with Gasteiger partial charge in [0.15, 0.2) is 11.5 Å². The summed E-state index contributed by atoms with van der Waals surface area (Å²) in [5.74, 6) is 1.02. The van der Waals surface area contributed by atoms with Gasteiger partial charge < -0.3 is 9.47 Å². The maximum absolute atomic E-state index is 11.4. The summed E-state index contributed by atoms with van der Waals surface area (Å²) < 4.78 is 35.7. The smallest absolute Gasteiger partial charge is 0.253 e. The van der Waals surface area contributed by atoms with Crippen molar-refractivity contribution in [3.8, 4) is 11.5 Å². The van der Waals surface area contributed by atoms with Crippen molar-refractivity contribution in [2.45, 2.75) is 5.44 Å². The minimum absolute atomic E-state index is 0.000185. The fourth-order valence-electron chi connectivity index (χ4n) is 1.28. The molecule has 82 valence electrons. The topological polar surface area (TPSA) is 64.6 Å². The Bertz CT molecular complexity index is 457. The van der Waals surface area contributed by atoms with Crippen LogP contribution in [0.5, 0.6) is 11.5 Å². The van der Waals surface area contributed by atoms with E-state index in [4.69, 9.17) is 9.47 Å². The number of hydrogen-bond acceptors (Lipinski definition) is 4. The molecule has 0 aliphatic carbocycles. The molecule has 1 aliphatic rings. The van der Waals surface area contributed by atoms with Crippen molar-refractivity contribution in [3.63, 3.8) is 0 Å². The van der Waals surface area contributed by atoms with Crippen molar-refractivity contribution in [2.24, 2.45) is 0 Å². The Morgan fingerprint density at radius 2 is 2.00 bits per heavy atom. The van der Waals surface area contributed by atoms with E-state index >= 15 is 0 Å². The summed E-state index contributed by atoms with van der Waals surface area (Å²) in [6.07, 6.45) is 0. The monoisotopic (exact) mass is 229 g/mol. The Balaban J connectivity index is 2.27. The van der Waals surface area contributed by atoms with E-state index in [9.17, 15) is 8.42 Å². The maximum Gasteiger partial charge on any atom is 0.253 e. The van der Waals surface area contributed by atoms with Crippen LogP contribution in [0, 0.1) is 0 Å². The van der Waals surface area contributed by atoms with Gasteiger partial charge in [0.2, 0.25) is 5.44 Å². The normalized spacial score (nSPS) is 19.9. The van der Waals surface area contributed by atoms with Crippen molar-refractivity contribution in [1.82, 2.24) is 4.72 Å². The summed E-state index contributed by atoms with van der Waals surface area (Å²) >= 11 is 0. The van der Waals surface area contributed by atoms with Crippen LogP contribution in [0.1, 0.15) is 0 Å².